The van der Waals surface area contributed by atoms with Crippen LogP contribution in [-0.2, 0) is 21.4 Å². The van der Waals surface area contributed by atoms with Crippen LogP contribution in [0.5, 0.6) is 0 Å². The van der Waals surface area contributed by atoms with Crippen molar-refractivity contribution >= 4 is 16.0 Å². The molecule has 1 aromatic heterocycles. The Morgan fingerprint density at radius 2 is 2.10 bits per heavy atom. The van der Waals surface area contributed by atoms with Gasteiger partial charge in [0.25, 0.3) is 0 Å². The van der Waals surface area contributed by atoms with Crippen LogP contribution < -0.4 is 0 Å². The third-order valence-electron chi connectivity index (χ3n) is 3.67. The van der Waals surface area contributed by atoms with Crippen molar-refractivity contribution in [2.24, 2.45) is 0 Å². The van der Waals surface area contributed by atoms with E-state index in [-0.39, 0.29) is 17.5 Å². The van der Waals surface area contributed by atoms with Crippen LogP contribution in [0.3, 0.4) is 0 Å². The minimum Gasteiger partial charge on any atom is -0.480 e. The summed E-state index contributed by atoms with van der Waals surface area (Å²) in [7, 11) is -2.01. The molecule has 0 bridgehead atoms. The summed E-state index contributed by atoms with van der Waals surface area (Å²) in [6.45, 7) is -0.345. The SMILES string of the molecule is CN(C1CCCCC1)S(=O)(=O)c1cnn(CC(=O)O)c1. The lowest BCUT2D eigenvalue weighted by Crippen LogP contribution is -2.38. The molecule has 2 rings (SSSR count). The fraction of sp³-hybridized carbons (Fsp3) is 0.667. The first-order valence-electron chi connectivity index (χ1n) is 6.63. The van der Waals surface area contributed by atoms with Crippen LogP contribution in [0.25, 0.3) is 0 Å². The molecule has 8 heteroatoms. The largest absolute Gasteiger partial charge is 0.480 e. The summed E-state index contributed by atoms with van der Waals surface area (Å²) in [5.41, 5.74) is 0. The number of carboxylic acids is 1. The van der Waals surface area contributed by atoms with Crippen molar-refractivity contribution in [3.05, 3.63) is 12.4 Å². The van der Waals surface area contributed by atoms with Gasteiger partial charge in [-0.25, -0.2) is 8.42 Å². The van der Waals surface area contributed by atoms with Gasteiger partial charge in [-0.1, -0.05) is 19.3 Å². The molecule has 1 aliphatic rings. The summed E-state index contributed by atoms with van der Waals surface area (Å²) in [6, 6.07) is 0.0246. The summed E-state index contributed by atoms with van der Waals surface area (Å²) in [4.78, 5) is 10.6. The van der Waals surface area contributed by atoms with Gasteiger partial charge in [-0.3, -0.25) is 9.48 Å². The highest BCUT2D eigenvalue weighted by atomic mass is 32.2. The normalized spacial score (nSPS) is 17.5. The molecule has 1 N–H and O–H groups in total. The molecule has 1 heterocycles. The standard InChI is InChI=1S/C12H19N3O4S/c1-14(10-5-3-2-4-6-10)20(18,19)11-7-13-15(8-11)9-12(16)17/h7-8,10H,2-6,9H2,1H3,(H,16,17). The molecule has 0 amide bonds. The number of carboxylic acid groups (broad SMARTS) is 1. The van der Waals surface area contributed by atoms with E-state index in [0.717, 1.165) is 36.8 Å². The molecule has 1 aliphatic carbocycles. The number of nitrogens with zero attached hydrogens (tertiary/aromatic N) is 3. The fourth-order valence-corrected chi connectivity index (χ4v) is 3.88. The lowest BCUT2D eigenvalue weighted by atomic mass is 9.96. The number of carbonyl (C=O) groups is 1. The van der Waals surface area contributed by atoms with Gasteiger partial charge in [0.15, 0.2) is 0 Å². The van der Waals surface area contributed by atoms with Gasteiger partial charge in [-0.2, -0.15) is 9.40 Å². The predicted molar refractivity (Wildman–Crippen MR) is 71.7 cm³/mol. The zero-order valence-corrected chi connectivity index (χ0v) is 12.2. The maximum Gasteiger partial charge on any atom is 0.325 e. The van der Waals surface area contributed by atoms with E-state index >= 15 is 0 Å². The summed E-state index contributed by atoms with van der Waals surface area (Å²) in [5.74, 6) is -1.06. The first kappa shape index (κ1) is 15.0. The van der Waals surface area contributed by atoms with Crippen molar-refractivity contribution in [2.45, 2.75) is 49.6 Å². The number of sulfonamides is 1. The molecule has 0 atom stereocenters. The molecule has 0 unspecified atom stereocenters. The lowest BCUT2D eigenvalue weighted by Gasteiger charge is -2.29. The Balaban J connectivity index is 2.16. The highest BCUT2D eigenvalue weighted by Crippen LogP contribution is 2.26. The number of hydrogen-bond acceptors (Lipinski definition) is 4. The molecule has 1 aromatic rings. The second-order valence-electron chi connectivity index (χ2n) is 5.08. The van der Waals surface area contributed by atoms with Gasteiger partial charge in [0.2, 0.25) is 10.0 Å². The van der Waals surface area contributed by atoms with Gasteiger partial charge < -0.3 is 5.11 Å². The van der Waals surface area contributed by atoms with Crippen molar-refractivity contribution in [1.82, 2.24) is 14.1 Å². The van der Waals surface area contributed by atoms with Crippen molar-refractivity contribution in [2.75, 3.05) is 7.05 Å². The average molecular weight is 301 g/mol. The van der Waals surface area contributed by atoms with E-state index in [1.807, 2.05) is 0 Å². The van der Waals surface area contributed by atoms with Crippen LogP contribution >= 0.6 is 0 Å². The Morgan fingerprint density at radius 1 is 1.45 bits per heavy atom. The first-order chi connectivity index (χ1) is 9.41. The van der Waals surface area contributed by atoms with E-state index in [0.29, 0.717) is 0 Å². The summed E-state index contributed by atoms with van der Waals surface area (Å²) >= 11 is 0. The summed E-state index contributed by atoms with van der Waals surface area (Å²) in [6.07, 6.45) is 7.46. The third-order valence-corrected chi connectivity index (χ3v) is 5.54. The molecule has 0 spiro atoms. The highest BCUT2D eigenvalue weighted by Gasteiger charge is 2.30. The number of aliphatic carboxylic acids is 1. The zero-order valence-electron chi connectivity index (χ0n) is 11.4. The second-order valence-corrected chi connectivity index (χ2v) is 7.08. The number of hydrogen-bond donors (Lipinski definition) is 1. The predicted octanol–water partition coefficient (Wildman–Crippen LogP) is 0.921. The Morgan fingerprint density at radius 3 is 2.70 bits per heavy atom. The quantitative estimate of drug-likeness (QED) is 0.873. The maximum absolute atomic E-state index is 12.5. The van der Waals surface area contributed by atoms with Crippen LogP contribution in [0.1, 0.15) is 32.1 Å². The van der Waals surface area contributed by atoms with E-state index in [1.54, 1.807) is 7.05 Å². The molecule has 7 nitrogen and oxygen atoms in total. The summed E-state index contributed by atoms with van der Waals surface area (Å²) < 4.78 is 27.4. The molecule has 1 saturated carbocycles. The van der Waals surface area contributed by atoms with E-state index in [4.69, 9.17) is 5.11 Å². The Hall–Kier alpha value is -1.41. The van der Waals surface area contributed by atoms with Crippen LogP contribution in [-0.4, -0.2) is 46.7 Å². The van der Waals surface area contributed by atoms with E-state index in [9.17, 15) is 13.2 Å². The minimum atomic E-state index is -3.60. The second kappa shape index (κ2) is 5.92. The van der Waals surface area contributed by atoms with Crippen molar-refractivity contribution in [3.8, 4) is 0 Å². The molecular weight excluding hydrogens is 282 g/mol. The smallest absolute Gasteiger partial charge is 0.325 e. The monoisotopic (exact) mass is 301 g/mol. The van der Waals surface area contributed by atoms with Gasteiger partial charge in [0, 0.05) is 19.3 Å². The third kappa shape index (κ3) is 3.18. The Labute approximate surface area is 118 Å². The van der Waals surface area contributed by atoms with Gasteiger partial charge >= 0.3 is 5.97 Å². The molecule has 0 aliphatic heterocycles. The molecule has 1 fully saturated rings. The number of rotatable bonds is 5. The Kier molecular flexibility index (Phi) is 4.44. The van der Waals surface area contributed by atoms with Gasteiger partial charge in [0.1, 0.15) is 11.4 Å². The van der Waals surface area contributed by atoms with Crippen molar-refractivity contribution in [1.29, 1.82) is 0 Å². The van der Waals surface area contributed by atoms with Crippen molar-refractivity contribution in [3.63, 3.8) is 0 Å². The molecule has 0 radical (unpaired) electrons. The molecule has 20 heavy (non-hydrogen) atoms. The van der Waals surface area contributed by atoms with E-state index in [1.165, 1.54) is 16.7 Å². The molecule has 0 saturated heterocycles. The van der Waals surface area contributed by atoms with Gasteiger partial charge in [0.05, 0.1) is 6.20 Å². The maximum atomic E-state index is 12.5. The number of aromatic nitrogens is 2. The highest BCUT2D eigenvalue weighted by molar-refractivity contribution is 7.89. The molecule has 112 valence electrons. The average Bonchev–Trinajstić information content (AvgIpc) is 2.87. The molecule has 0 aromatic carbocycles. The Bertz CT molecular complexity index is 575. The van der Waals surface area contributed by atoms with Gasteiger partial charge in [-0.05, 0) is 12.8 Å². The summed E-state index contributed by atoms with van der Waals surface area (Å²) in [5, 5.41) is 12.5. The van der Waals surface area contributed by atoms with Crippen LogP contribution in [0.15, 0.2) is 17.3 Å². The topological polar surface area (TPSA) is 92.5 Å². The van der Waals surface area contributed by atoms with Crippen LogP contribution in [0.2, 0.25) is 0 Å². The molecular formula is C12H19N3O4S. The lowest BCUT2D eigenvalue weighted by molar-refractivity contribution is -0.137. The van der Waals surface area contributed by atoms with E-state index < -0.39 is 16.0 Å². The minimum absolute atomic E-state index is 0.0246. The first-order valence-corrected chi connectivity index (χ1v) is 8.07. The zero-order chi connectivity index (χ0) is 14.8. The van der Waals surface area contributed by atoms with Crippen molar-refractivity contribution < 1.29 is 18.3 Å². The van der Waals surface area contributed by atoms with Crippen LogP contribution in [0, 0.1) is 0 Å². The van der Waals surface area contributed by atoms with E-state index in [2.05, 4.69) is 5.10 Å². The fourth-order valence-electron chi connectivity index (χ4n) is 2.51. The van der Waals surface area contributed by atoms with Crippen LogP contribution in [0.4, 0.5) is 0 Å². The van der Waals surface area contributed by atoms with Gasteiger partial charge in [-0.15, -0.1) is 0 Å².